The van der Waals surface area contributed by atoms with Gasteiger partial charge in [-0.05, 0) is 38.0 Å². The zero-order valence-corrected chi connectivity index (χ0v) is 14.5. The maximum atomic E-state index is 12.3. The van der Waals surface area contributed by atoms with Crippen molar-refractivity contribution in [2.45, 2.75) is 58.0 Å². The topological polar surface area (TPSA) is 103 Å². The van der Waals surface area contributed by atoms with Gasteiger partial charge in [-0.3, -0.25) is 9.59 Å². The van der Waals surface area contributed by atoms with Crippen LogP contribution >= 0.6 is 0 Å². The Bertz CT molecular complexity index is 801. The van der Waals surface area contributed by atoms with Gasteiger partial charge in [0.1, 0.15) is 23.7 Å². The molecule has 0 saturated heterocycles. The van der Waals surface area contributed by atoms with Crippen molar-refractivity contribution in [3.05, 3.63) is 34.3 Å². The maximum absolute atomic E-state index is 12.3. The Morgan fingerprint density at radius 2 is 2.04 bits per heavy atom. The van der Waals surface area contributed by atoms with Crippen LogP contribution in [0.25, 0.3) is 11.5 Å². The summed E-state index contributed by atoms with van der Waals surface area (Å²) < 4.78 is 6.63. The first-order chi connectivity index (χ1) is 12.0. The lowest BCUT2D eigenvalue weighted by molar-refractivity contribution is -0.122. The molecule has 7 nitrogen and oxygen atoms in total. The van der Waals surface area contributed by atoms with Gasteiger partial charge in [-0.15, -0.1) is 0 Å². The summed E-state index contributed by atoms with van der Waals surface area (Å²) in [7, 11) is 0. The van der Waals surface area contributed by atoms with Crippen LogP contribution in [0, 0.1) is 6.92 Å². The van der Waals surface area contributed by atoms with Crippen LogP contribution in [0.3, 0.4) is 0 Å². The first kappa shape index (κ1) is 17.3. The van der Waals surface area contributed by atoms with Crippen molar-refractivity contribution in [1.82, 2.24) is 15.1 Å². The number of anilines is 1. The van der Waals surface area contributed by atoms with Crippen LogP contribution in [-0.2, 0) is 11.3 Å². The van der Waals surface area contributed by atoms with E-state index in [1.807, 2.05) is 6.92 Å². The van der Waals surface area contributed by atoms with E-state index in [0.717, 1.165) is 36.1 Å². The molecule has 134 valence electrons. The molecule has 3 N–H and O–H groups in total. The Morgan fingerprint density at radius 1 is 1.32 bits per heavy atom. The summed E-state index contributed by atoms with van der Waals surface area (Å²) in [6.45, 7) is 1.68. The third kappa shape index (κ3) is 4.29. The SMILES string of the molecule is Cc1ccc(-c2cc(N)c(=O)n(CC(=O)NC3CCCCCC3)n2)o1. The fourth-order valence-corrected chi connectivity index (χ4v) is 3.20. The number of nitrogen functional groups attached to an aromatic ring is 1. The summed E-state index contributed by atoms with van der Waals surface area (Å²) >= 11 is 0. The number of nitrogens with two attached hydrogens (primary N) is 1. The van der Waals surface area contributed by atoms with Crippen molar-refractivity contribution in [1.29, 1.82) is 0 Å². The lowest BCUT2D eigenvalue weighted by atomic mass is 10.1. The predicted molar refractivity (Wildman–Crippen MR) is 95.0 cm³/mol. The van der Waals surface area contributed by atoms with E-state index in [1.165, 1.54) is 18.9 Å². The highest BCUT2D eigenvalue weighted by Gasteiger charge is 2.17. The summed E-state index contributed by atoms with van der Waals surface area (Å²) in [6, 6.07) is 5.22. The Morgan fingerprint density at radius 3 is 2.68 bits per heavy atom. The van der Waals surface area contributed by atoms with Gasteiger partial charge in [-0.2, -0.15) is 5.10 Å². The Hall–Kier alpha value is -2.57. The van der Waals surface area contributed by atoms with Gasteiger partial charge < -0.3 is 15.5 Å². The molecule has 1 fully saturated rings. The van der Waals surface area contributed by atoms with E-state index in [-0.39, 0.29) is 24.2 Å². The molecule has 1 aliphatic carbocycles. The van der Waals surface area contributed by atoms with E-state index in [4.69, 9.17) is 10.2 Å². The summed E-state index contributed by atoms with van der Waals surface area (Å²) in [4.78, 5) is 24.5. The van der Waals surface area contributed by atoms with E-state index in [2.05, 4.69) is 10.4 Å². The fourth-order valence-electron chi connectivity index (χ4n) is 3.20. The minimum atomic E-state index is -0.469. The number of amides is 1. The predicted octanol–water partition coefficient (Wildman–Crippen LogP) is 2.23. The van der Waals surface area contributed by atoms with E-state index < -0.39 is 5.56 Å². The van der Waals surface area contributed by atoms with Gasteiger partial charge in [0.05, 0.1) is 0 Å². The highest BCUT2D eigenvalue weighted by atomic mass is 16.3. The molecular weight excluding hydrogens is 320 g/mol. The zero-order valence-electron chi connectivity index (χ0n) is 14.5. The Kier molecular flexibility index (Phi) is 5.21. The normalized spacial score (nSPS) is 15.7. The van der Waals surface area contributed by atoms with Crippen molar-refractivity contribution in [2.75, 3.05) is 5.73 Å². The molecule has 1 amide bonds. The van der Waals surface area contributed by atoms with Crippen LogP contribution in [0.5, 0.6) is 0 Å². The smallest absolute Gasteiger partial charge is 0.290 e. The molecule has 7 heteroatoms. The van der Waals surface area contributed by atoms with Crippen LogP contribution in [-0.4, -0.2) is 21.7 Å². The maximum Gasteiger partial charge on any atom is 0.290 e. The van der Waals surface area contributed by atoms with Crippen LogP contribution in [0.1, 0.15) is 44.3 Å². The number of carbonyl (C=O) groups is 1. The highest BCUT2D eigenvalue weighted by molar-refractivity contribution is 5.76. The minimum absolute atomic E-state index is 0.0429. The molecule has 2 aromatic rings. The molecule has 0 radical (unpaired) electrons. The zero-order chi connectivity index (χ0) is 17.8. The van der Waals surface area contributed by atoms with Crippen molar-refractivity contribution in [3.8, 4) is 11.5 Å². The van der Waals surface area contributed by atoms with Crippen molar-refractivity contribution in [2.24, 2.45) is 0 Å². The second kappa shape index (κ2) is 7.55. The minimum Gasteiger partial charge on any atom is -0.460 e. The Labute approximate surface area is 146 Å². The summed E-state index contributed by atoms with van der Waals surface area (Å²) in [5.74, 6) is 1.04. The third-order valence-corrected chi connectivity index (χ3v) is 4.51. The number of furan rings is 1. The van der Waals surface area contributed by atoms with Gasteiger partial charge in [0.2, 0.25) is 5.91 Å². The molecule has 2 heterocycles. The van der Waals surface area contributed by atoms with E-state index >= 15 is 0 Å². The van der Waals surface area contributed by atoms with Gasteiger partial charge in [0.15, 0.2) is 5.76 Å². The number of hydrogen-bond acceptors (Lipinski definition) is 5. The third-order valence-electron chi connectivity index (χ3n) is 4.51. The lowest BCUT2D eigenvalue weighted by Gasteiger charge is -2.16. The van der Waals surface area contributed by atoms with Gasteiger partial charge in [-0.25, -0.2) is 4.68 Å². The molecule has 0 unspecified atom stereocenters. The van der Waals surface area contributed by atoms with Gasteiger partial charge in [-0.1, -0.05) is 25.7 Å². The monoisotopic (exact) mass is 344 g/mol. The lowest BCUT2D eigenvalue weighted by Crippen LogP contribution is -2.39. The molecular formula is C18H24N4O3. The number of rotatable bonds is 4. The van der Waals surface area contributed by atoms with Crippen molar-refractivity contribution in [3.63, 3.8) is 0 Å². The number of nitrogens with zero attached hydrogens (tertiary/aromatic N) is 2. The average Bonchev–Trinajstić information content (AvgIpc) is 2.84. The van der Waals surface area contributed by atoms with E-state index in [0.29, 0.717) is 11.5 Å². The van der Waals surface area contributed by atoms with Crippen molar-refractivity contribution < 1.29 is 9.21 Å². The summed E-state index contributed by atoms with van der Waals surface area (Å²) in [5.41, 5.74) is 5.81. The first-order valence-corrected chi connectivity index (χ1v) is 8.77. The molecule has 0 aliphatic heterocycles. The van der Waals surface area contributed by atoms with Crippen LogP contribution < -0.4 is 16.6 Å². The molecule has 25 heavy (non-hydrogen) atoms. The highest BCUT2D eigenvalue weighted by Crippen LogP contribution is 2.20. The number of aryl methyl sites for hydroxylation is 1. The van der Waals surface area contributed by atoms with Crippen molar-refractivity contribution >= 4 is 11.6 Å². The molecule has 0 bridgehead atoms. The number of aromatic nitrogens is 2. The largest absolute Gasteiger partial charge is 0.460 e. The molecule has 0 atom stereocenters. The van der Waals surface area contributed by atoms with Crippen LogP contribution in [0.2, 0.25) is 0 Å². The number of hydrogen-bond donors (Lipinski definition) is 2. The summed E-state index contributed by atoms with van der Waals surface area (Å²) in [5, 5.41) is 7.25. The second-order valence-electron chi connectivity index (χ2n) is 6.61. The van der Waals surface area contributed by atoms with Crippen LogP contribution in [0.4, 0.5) is 5.69 Å². The number of carbonyl (C=O) groups excluding carboxylic acids is 1. The molecule has 2 aromatic heterocycles. The van der Waals surface area contributed by atoms with E-state index in [9.17, 15) is 9.59 Å². The van der Waals surface area contributed by atoms with Crippen LogP contribution in [0.15, 0.2) is 27.4 Å². The molecule has 1 aliphatic rings. The molecule has 1 saturated carbocycles. The quantitative estimate of drug-likeness (QED) is 0.828. The standard InChI is InChI=1S/C18H24N4O3/c1-12-8-9-16(25-12)15-10-14(19)18(24)22(21-15)11-17(23)20-13-6-4-2-3-5-7-13/h8-10,13H,2-7,11,19H2,1H3,(H,20,23). The summed E-state index contributed by atoms with van der Waals surface area (Å²) in [6.07, 6.45) is 6.67. The first-order valence-electron chi connectivity index (χ1n) is 8.77. The van der Waals surface area contributed by atoms with E-state index in [1.54, 1.807) is 12.1 Å². The van der Waals surface area contributed by atoms with Gasteiger partial charge in [0, 0.05) is 6.04 Å². The van der Waals surface area contributed by atoms with Gasteiger partial charge >= 0.3 is 0 Å². The number of nitrogens with one attached hydrogen (secondary N) is 1. The average molecular weight is 344 g/mol. The molecule has 3 rings (SSSR count). The molecule has 0 spiro atoms. The Balaban J connectivity index is 1.75. The van der Waals surface area contributed by atoms with Gasteiger partial charge in [0.25, 0.3) is 5.56 Å². The molecule has 0 aromatic carbocycles. The fraction of sp³-hybridized carbons (Fsp3) is 0.500. The second-order valence-corrected chi connectivity index (χ2v) is 6.61.